The number of nitrogens with one attached hydrogen (secondary N) is 2. The van der Waals surface area contributed by atoms with Crippen LogP contribution in [0.2, 0.25) is 0 Å². The molecule has 0 bridgehead atoms. The van der Waals surface area contributed by atoms with Crippen LogP contribution in [-0.2, 0) is 15.0 Å². The Morgan fingerprint density at radius 3 is 2.55 bits per heavy atom. The van der Waals surface area contributed by atoms with E-state index in [1.54, 1.807) is 12.3 Å². The van der Waals surface area contributed by atoms with E-state index >= 15 is 0 Å². The molecule has 7 nitrogen and oxygen atoms in total. The fourth-order valence-electron chi connectivity index (χ4n) is 5.85. The highest BCUT2D eigenvalue weighted by molar-refractivity contribution is 7.81. The van der Waals surface area contributed by atoms with Crippen molar-refractivity contribution in [2.24, 2.45) is 11.8 Å². The lowest BCUT2D eigenvalue weighted by Crippen LogP contribution is -2.37. The number of nitrogens with zero attached hydrogens (tertiary/aromatic N) is 2. The van der Waals surface area contributed by atoms with Gasteiger partial charge in [0.2, 0.25) is 11.8 Å². The standard InChI is InChI=1S/C34H34N4O3S/c1-34(2,3)21-14-17-28-27(18-21)37-33(41-28)26-19-35-38-30(26)20-12-15-22(16-13-20)36-32(40)24-9-5-4-8-23(24)31(39)25-10-6-7-11-29(25)42/h6-7,10,12-19,23-24H,4-5,8-9,11H2,1-3H3,(H,35,38)(H,36,40)/t23-,24+/m0/s1. The molecule has 0 unspecified atom stereocenters. The van der Waals surface area contributed by atoms with Gasteiger partial charge in [0, 0.05) is 46.1 Å². The first-order valence-corrected chi connectivity index (χ1v) is 14.9. The summed E-state index contributed by atoms with van der Waals surface area (Å²) in [6, 6.07) is 13.7. The average molecular weight is 579 g/mol. The molecule has 42 heavy (non-hydrogen) atoms. The number of aromatic amines is 1. The van der Waals surface area contributed by atoms with Crippen LogP contribution in [0.15, 0.2) is 76.9 Å². The summed E-state index contributed by atoms with van der Waals surface area (Å²) in [5, 5.41) is 10.5. The molecule has 6 rings (SSSR count). The molecule has 2 aromatic heterocycles. The van der Waals surface area contributed by atoms with Gasteiger partial charge in [-0.15, -0.1) is 0 Å². The molecule has 2 atom stereocenters. The van der Waals surface area contributed by atoms with Crippen LogP contribution in [0.5, 0.6) is 0 Å². The minimum absolute atomic E-state index is 0.000522. The molecule has 2 aromatic carbocycles. The molecule has 0 aliphatic heterocycles. The van der Waals surface area contributed by atoms with E-state index in [1.165, 1.54) is 5.56 Å². The zero-order valence-corrected chi connectivity index (χ0v) is 24.9. The lowest BCUT2D eigenvalue weighted by Gasteiger charge is -2.30. The van der Waals surface area contributed by atoms with E-state index < -0.39 is 0 Å². The van der Waals surface area contributed by atoms with Gasteiger partial charge < -0.3 is 9.73 Å². The molecule has 2 aliphatic carbocycles. The number of fused-ring (bicyclic) bond motifs is 1. The van der Waals surface area contributed by atoms with Crippen LogP contribution in [0.1, 0.15) is 58.4 Å². The largest absolute Gasteiger partial charge is 0.436 e. The van der Waals surface area contributed by atoms with E-state index in [9.17, 15) is 9.59 Å². The number of thiocarbonyl (C=S) groups is 1. The number of H-pyrrole nitrogens is 1. The first kappa shape index (κ1) is 28.0. The van der Waals surface area contributed by atoms with Crippen molar-refractivity contribution in [2.45, 2.75) is 58.3 Å². The van der Waals surface area contributed by atoms with Gasteiger partial charge in [-0.2, -0.15) is 5.10 Å². The summed E-state index contributed by atoms with van der Waals surface area (Å²) in [6.45, 7) is 6.52. The molecule has 2 aliphatic rings. The van der Waals surface area contributed by atoms with E-state index in [-0.39, 0.29) is 28.9 Å². The number of Topliss-reactive ketones (excluding diaryl/α,β-unsaturated/α-hetero) is 1. The van der Waals surface area contributed by atoms with Gasteiger partial charge in [-0.05, 0) is 48.1 Å². The third-order valence-corrected chi connectivity index (χ3v) is 8.64. The van der Waals surface area contributed by atoms with Gasteiger partial charge in [0.05, 0.1) is 5.56 Å². The van der Waals surface area contributed by atoms with Gasteiger partial charge in [-0.3, -0.25) is 14.7 Å². The third-order valence-electron chi connectivity index (χ3n) is 8.26. The fraction of sp³-hybridized carbons (Fsp3) is 0.324. The van der Waals surface area contributed by atoms with Crippen molar-refractivity contribution in [3.8, 4) is 22.7 Å². The second kappa shape index (κ2) is 11.2. The number of aromatic nitrogens is 3. The zero-order valence-electron chi connectivity index (χ0n) is 24.1. The maximum Gasteiger partial charge on any atom is 0.231 e. The van der Waals surface area contributed by atoms with Crippen LogP contribution in [-0.4, -0.2) is 31.7 Å². The maximum absolute atomic E-state index is 13.4. The summed E-state index contributed by atoms with van der Waals surface area (Å²) in [7, 11) is 0. The Morgan fingerprint density at radius 1 is 1.05 bits per heavy atom. The van der Waals surface area contributed by atoms with Crippen molar-refractivity contribution < 1.29 is 14.0 Å². The Hall–Kier alpha value is -4.17. The maximum atomic E-state index is 13.4. The molecule has 214 valence electrons. The molecule has 1 amide bonds. The van der Waals surface area contributed by atoms with E-state index in [0.717, 1.165) is 35.1 Å². The highest BCUT2D eigenvalue weighted by Crippen LogP contribution is 2.36. The zero-order chi connectivity index (χ0) is 29.4. The summed E-state index contributed by atoms with van der Waals surface area (Å²) < 4.78 is 6.09. The average Bonchev–Trinajstić information content (AvgIpc) is 3.64. The molecular weight excluding hydrogens is 544 g/mol. The third kappa shape index (κ3) is 5.51. The number of hydrogen-bond acceptors (Lipinski definition) is 6. The highest BCUT2D eigenvalue weighted by Gasteiger charge is 2.37. The number of anilines is 1. The van der Waals surface area contributed by atoms with Crippen molar-refractivity contribution in [3.63, 3.8) is 0 Å². The quantitative estimate of drug-likeness (QED) is 0.227. The van der Waals surface area contributed by atoms with Crippen molar-refractivity contribution in [3.05, 3.63) is 78.0 Å². The second-order valence-corrected chi connectivity index (χ2v) is 12.7. The first-order valence-electron chi connectivity index (χ1n) is 14.5. The Bertz CT molecular complexity index is 1740. The predicted octanol–water partition coefficient (Wildman–Crippen LogP) is 7.75. The van der Waals surface area contributed by atoms with Gasteiger partial charge in [-0.1, -0.05) is 82.3 Å². The topological polar surface area (TPSA) is 101 Å². The number of rotatable bonds is 6. The number of benzene rings is 2. The van der Waals surface area contributed by atoms with Gasteiger partial charge in [0.1, 0.15) is 11.2 Å². The molecule has 8 heteroatoms. The van der Waals surface area contributed by atoms with Crippen LogP contribution in [0.4, 0.5) is 5.69 Å². The van der Waals surface area contributed by atoms with Crippen molar-refractivity contribution in [2.75, 3.05) is 5.32 Å². The van der Waals surface area contributed by atoms with Crippen LogP contribution < -0.4 is 5.32 Å². The molecule has 0 radical (unpaired) electrons. The Morgan fingerprint density at radius 2 is 1.81 bits per heavy atom. The summed E-state index contributed by atoms with van der Waals surface area (Å²) in [4.78, 5) is 32.2. The van der Waals surface area contributed by atoms with Crippen molar-refractivity contribution in [1.29, 1.82) is 0 Å². The summed E-state index contributed by atoms with van der Waals surface area (Å²) in [6.07, 6.45) is 11.3. The lowest BCUT2D eigenvalue weighted by atomic mass is 9.74. The molecule has 2 N–H and O–H groups in total. The monoisotopic (exact) mass is 578 g/mol. The number of hydrogen-bond donors (Lipinski definition) is 2. The van der Waals surface area contributed by atoms with E-state index in [0.29, 0.717) is 47.0 Å². The van der Waals surface area contributed by atoms with Gasteiger partial charge in [-0.25, -0.2) is 4.98 Å². The van der Waals surface area contributed by atoms with Gasteiger partial charge in [0.15, 0.2) is 11.4 Å². The molecule has 0 saturated heterocycles. The van der Waals surface area contributed by atoms with Crippen LogP contribution in [0.25, 0.3) is 33.8 Å². The molecule has 1 fully saturated rings. The lowest BCUT2D eigenvalue weighted by molar-refractivity contribution is -0.130. The summed E-state index contributed by atoms with van der Waals surface area (Å²) in [5.74, 6) is -0.361. The normalized spacial score (nSPS) is 19.1. The summed E-state index contributed by atoms with van der Waals surface area (Å²) >= 11 is 5.45. The predicted molar refractivity (Wildman–Crippen MR) is 169 cm³/mol. The van der Waals surface area contributed by atoms with Crippen molar-refractivity contribution >= 4 is 45.6 Å². The molecule has 0 spiro atoms. The number of ketones is 1. The molecule has 2 heterocycles. The van der Waals surface area contributed by atoms with Crippen molar-refractivity contribution in [1.82, 2.24) is 15.2 Å². The fourth-order valence-corrected chi connectivity index (χ4v) is 6.11. The molecule has 4 aromatic rings. The van der Waals surface area contributed by atoms with Crippen LogP contribution in [0.3, 0.4) is 0 Å². The molecular formula is C34H34N4O3S. The Labute approximate surface area is 250 Å². The highest BCUT2D eigenvalue weighted by atomic mass is 32.1. The number of amides is 1. The minimum Gasteiger partial charge on any atom is -0.436 e. The number of allylic oxidation sites excluding steroid dienone is 4. The number of carbonyl (C=O) groups excluding carboxylic acids is 2. The minimum atomic E-state index is -0.378. The first-order chi connectivity index (χ1) is 20.2. The van der Waals surface area contributed by atoms with E-state index in [1.807, 2.05) is 42.5 Å². The van der Waals surface area contributed by atoms with Crippen LogP contribution in [0, 0.1) is 11.8 Å². The smallest absolute Gasteiger partial charge is 0.231 e. The van der Waals surface area contributed by atoms with E-state index in [4.69, 9.17) is 21.6 Å². The Balaban J connectivity index is 1.19. The second-order valence-electron chi connectivity index (χ2n) is 12.2. The summed E-state index contributed by atoms with van der Waals surface area (Å²) in [5.41, 5.74) is 6.31. The Kier molecular flexibility index (Phi) is 7.49. The number of carbonyl (C=O) groups is 2. The van der Waals surface area contributed by atoms with Gasteiger partial charge in [0.25, 0.3) is 0 Å². The van der Waals surface area contributed by atoms with Crippen LogP contribution >= 0.6 is 12.2 Å². The SMILES string of the molecule is CC(C)(C)c1ccc2oc(-c3c[nH]nc3-c3ccc(NC(=O)[C@@H]4CCCC[C@@H]4C(=O)C4=CC=CCC4=S)cc3)nc2c1. The van der Waals surface area contributed by atoms with Gasteiger partial charge >= 0.3 is 0 Å². The number of oxazole rings is 1. The molecule has 1 saturated carbocycles. The van der Waals surface area contributed by atoms with E-state index in [2.05, 4.69) is 48.4 Å².